The molecule has 0 atom stereocenters. The zero-order chi connectivity index (χ0) is 40.2. The van der Waals surface area contributed by atoms with Crippen LogP contribution in [0.1, 0.15) is 33.4 Å². The highest BCUT2D eigenvalue weighted by Gasteiger charge is 2.51. The van der Waals surface area contributed by atoms with E-state index in [1.54, 1.807) is 0 Å². The molecule has 2 aliphatic rings. The maximum atomic E-state index is 9.52. The van der Waals surface area contributed by atoms with Crippen LogP contribution in [0.2, 0.25) is 0 Å². The first-order valence-electron chi connectivity index (χ1n) is 19.7. The van der Waals surface area contributed by atoms with Gasteiger partial charge in [0.25, 0.3) is 0 Å². The molecule has 0 fully saturated rings. The summed E-state index contributed by atoms with van der Waals surface area (Å²) in [4.78, 5) is 15.6. The van der Waals surface area contributed by atoms with Crippen LogP contribution in [-0.4, -0.2) is 15.0 Å². The maximum Gasteiger partial charge on any atom is 0.164 e. The zero-order valence-corrected chi connectivity index (χ0v) is 32.0. The summed E-state index contributed by atoms with van der Waals surface area (Å²) >= 11 is 0. The number of ether oxygens (including phenoxy) is 1. The molecule has 9 aromatic rings. The Bertz CT molecular complexity index is 3130. The van der Waals surface area contributed by atoms with Crippen molar-refractivity contribution >= 4 is 0 Å². The Morgan fingerprint density at radius 2 is 0.800 bits per heavy atom. The number of nitrogens with zero attached hydrogens (tertiary/aromatic N) is 5. The standard InChI is InChI=1S/C54H31N5O/c55-32-34-18-22-36(23-19-34)40-28-41(37-24-20-35(33-56)21-25-37)30-42(29-40)53-58-51(38-10-2-1-3-11-38)57-52(59-53)39-26-27-44-43-12-4-5-13-45(43)54(48(44)31-39)46-14-6-8-16-49(46)60-50-17-9-7-15-47(50)54/h1-31H. The van der Waals surface area contributed by atoms with Crippen LogP contribution < -0.4 is 4.74 Å². The van der Waals surface area contributed by atoms with Crippen molar-refractivity contribution in [1.82, 2.24) is 15.0 Å². The first kappa shape index (κ1) is 34.8. The molecule has 1 aliphatic heterocycles. The monoisotopic (exact) mass is 765 g/mol. The molecule has 278 valence electrons. The summed E-state index contributed by atoms with van der Waals surface area (Å²) in [6.07, 6.45) is 0. The summed E-state index contributed by atoms with van der Waals surface area (Å²) < 4.78 is 6.58. The smallest absolute Gasteiger partial charge is 0.164 e. The number of benzene rings is 8. The molecular weight excluding hydrogens is 735 g/mol. The van der Waals surface area contributed by atoms with Gasteiger partial charge in [0.1, 0.15) is 11.5 Å². The minimum absolute atomic E-state index is 0.518. The average molecular weight is 766 g/mol. The second-order valence-corrected chi connectivity index (χ2v) is 15.0. The van der Waals surface area contributed by atoms with Gasteiger partial charge in [-0.25, -0.2) is 15.0 Å². The van der Waals surface area contributed by atoms with Crippen LogP contribution in [0.4, 0.5) is 0 Å². The van der Waals surface area contributed by atoms with Crippen LogP contribution in [0, 0.1) is 22.7 Å². The molecule has 1 spiro atoms. The van der Waals surface area contributed by atoms with Crippen molar-refractivity contribution in [2.24, 2.45) is 0 Å². The second kappa shape index (κ2) is 13.9. The Labute approximate surface area is 347 Å². The van der Waals surface area contributed by atoms with Crippen molar-refractivity contribution in [2.45, 2.75) is 5.41 Å². The lowest BCUT2D eigenvalue weighted by atomic mass is 9.66. The van der Waals surface area contributed by atoms with Gasteiger partial charge >= 0.3 is 0 Å². The normalized spacial score (nSPS) is 12.6. The van der Waals surface area contributed by atoms with Crippen molar-refractivity contribution in [1.29, 1.82) is 10.5 Å². The van der Waals surface area contributed by atoms with Gasteiger partial charge in [-0.1, -0.05) is 127 Å². The average Bonchev–Trinajstić information content (AvgIpc) is 3.61. The minimum atomic E-state index is -0.642. The lowest BCUT2D eigenvalue weighted by Crippen LogP contribution is -2.32. The first-order chi connectivity index (χ1) is 29.6. The quantitative estimate of drug-likeness (QED) is 0.173. The van der Waals surface area contributed by atoms with Gasteiger partial charge in [0.2, 0.25) is 0 Å². The fourth-order valence-electron chi connectivity index (χ4n) is 8.91. The molecule has 0 bridgehead atoms. The SMILES string of the molecule is N#Cc1ccc(-c2cc(-c3ccc(C#N)cc3)cc(-c3nc(-c4ccccc4)nc(-c4ccc5c(c4)C4(c6ccccc6Oc6ccccc64)c4ccccc4-5)n3)c2)cc1. The van der Waals surface area contributed by atoms with Gasteiger partial charge in [0, 0.05) is 27.8 Å². The number of nitriles is 2. The van der Waals surface area contributed by atoms with E-state index < -0.39 is 5.41 Å². The topological polar surface area (TPSA) is 95.5 Å². The lowest BCUT2D eigenvalue weighted by Gasteiger charge is -2.39. The van der Waals surface area contributed by atoms with Gasteiger partial charge in [0.05, 0.1) is 28.7 Å². The lowest BCUT2D eigenvalue weighted by molar-refractivity contribution is 0.436. The summed E-state index contributed by atoms with van der Waals surface area (Å²) in [5, 5.41) is 19.0. The molecule has 2 heterocycles. The highest BCUT2D eigenvalue weighted by Crippen LogP contribution is 2.62. The van der Waals surface area contributed by atoms with E-state index in [1.165, 1.54) is 11.1 Å². The van der Waals surface area contributed by atoms with Gasteiger partial charge in [-0.3, -0.25) is 0 Å². The Morgan fingerprint density at radius 3 is 1.38 bits per heavy atom. The van der Waals surface area contributed by atoms with E-state index in [4.69, 9.17) is 19.7 Å². The Morgan fingerprint density at radius 1 is 0.350 bits per heavy atom. The highest BCUT2D eigenvalue weighted by atomic mass is 16.5. The van der Waals surface area contributed by atoms with E-state index in [1.807, 2.05) is 91.0 Å². The summed E-state index contributed by atoms with van der Waals surface area (Å²) in [6.45, 7) is 0. The third-order valence-electron chi connectivity index (χ3n) is 11.7. The van der Waals surface area contributed by atoms with Crippen molar-refractivity contribution in [2.75, 3.05) is 0 Å². The van der Waals surface area contributed by atoms with E-state index in [0.717, 1.165) is 72.7 Å². The summed E-state index contributed by atoms with van der Waals surface area (Å²) in [7, 11) is 0. The molecule has 1 aliphatic carbocycles. The molecule has 0 radical (unpaired) electrons. The van der Waals surface area contributed by atoms with E-state index >= 15 is 0 Å². The minimum Gasteiger partial charge on any atom is -0.457 e. The zero-order valence-electron chi connectivity index (χ0n) is 32.0. The van der Waals surface area contributed by atoms with Crippen molar-refractivity contribution < 1.29 is 4.74 Å². The van der Waals surface area contributed by atoms with Gasteiger partial charge in [-0.05, 0) is 105 Å². The highest BCUT2D eigenvalue weighted by molar-refractivity contribution is 5.90. The van der Waals surface area contributed by atoms with Crippen LogP contribution in [-0.2, 0) is 5.41 Å². The van der Waals surface area contributed by atoms with Crippen molar-refractivity contribution in [3.63, 3.8) is 0 Å². The third-order valence-corrected chi connectivity index (χ3v) is 11.7. The van der Waals surface area contributed by atoms with E-state index in [2.05, 4.69) is 109 Å². The van der Waals surface area contributed by atoms with Gasteiger partial charge in [0.15, 0.2) is 17.5 Å². The molecule has 8 aromatic carbocycles. The molecule has 0 unspecified atom stereocenters. The predicted molar refractivity (Wildman–Crippen MR) is 234 cm³/mol. The van der Waals surface area contributed by atoms with Gasteiger partial charge in [-0.15, -0.1) is 0 Å². The molecule has 0 amide bonds. The predicted octanol–water partition coefficient (Wildman–Crippen LogP) is 12.4. The Kier molecular flexibility index (Phi) is 8.05. The molecule has 0 saturated heterocycles. The number of hydrogen-bond donors (Lipinski definition) is 0. The van der Waals surface area contributed by atoms with Crippen LogP contribution >= 0.6 is 0 Å². The fraction of sp³-hybridized carbons (Fsp3) is 0.0185. The fourth-order valence-corrected chi connectivity index (χ4v) is 8.91. The second-order valence-electron chi connectivity index (χ2n) is 15.0. The molecule has 0 saturated carbocycles. The molecule has 11 rings (SSSR count). The summed E-state index contributed by atoms with van der Waals surface area (Å²) in [6, 6.07) is 67.9. The van der Waals surface area contributed by atoms with E-state index in [0.29, 0.717) is 28.6 Å². The largest absolute Gasteiger partial charge is 0.457 e. The molecule has 0 N–H and O–H groups in total. The van der Waals surface area contributed by atoms with Crippen LogP contribution in [0.15, 0.2) is 188 Å². The van der Waals surface area contributed by atoms with Gasteiger partial charge in [-0.2, -0.15) is 10.5 Å². The van der Waals surface area contributed by atoms with E-state index in [-0.39, 0.29) is 0 Å². The van der Waals surface area contributed by atoms with Crippen LogP contribution in [0.25, 0.3) is 67.5 Å². The van der Waals surface area contributed by atoms with Crippen molar-refractivity contribution in [3.05, 3.63) is 221 Å². The number of fused-ring (bicyclic) bond motifs is 9. The molecule has 6 nitrogen and oxygen atoms in total. The number of aromatic nitrogens is 3. The van der Waals surface area contributed by atoms with Crippen LogP contribution in [0.5, 0.6) is 11.5 Å². The molecule has 60 heavy (non-hydrogen) atoms. The summed E-state index contributed by atoms with van der Waals surface area (Å²) in [5.74, 6) is 3.28. The van der Waals surface area contributed by atoms with Crippen LogP contribution in [0.3, 0.4) is 0 Å². The van der Waals surface area contributed by atoms with Gasteiger partial charge < -0.3 is 4.74 Å². The molecular formula is C54H31N5O. The molecule has 6 heteroatoms. The number of para-hydroxylation sites is 2. The maximum absolute atomic E-state index is 9.52. The summed E-state index contributed by atoms with van der Waals surface area (Å²) in [5.41, 5.74) is 13.7. The van der Waals surface area contributed by atoms with Crippen molar-refractivity contribution in [3.8, 4) is 91.2 Å². The molecule has 1 aromatic heterocycles. The van der Waals surface area contributed by atoms with E-state index in [9.17, 15) is 10.5 Å². The number of rotatable bonds is 5. The Hall–Kier alpha value is -8.45. The Balaban J connectivity index is 1.14. The first-order valence-corrected chi connectivity index (χ1v) is 19.7. The number of hydrogen-bond acceptors (Lipinski definition) is 6. The third kappa shape index (κ3) is 5.51.